The van der Waals surface area contributed by atoms with Crippen LogP contribution in [-0.2, 0) is 6.54 Å². The van der Waals surface area contributed by atoms with Gasteiger partial charge >= 0.3 is 0 Å². The number of rotatable bonds is 3. The van der Waals surface area contributed by atoms with E-state index in [1.54, 1.807) is 10.9 Å². The standard InChI is InChI=1S/C10H11N5O/c11-10(13-16)9-7-15(14-12-9)6-8-4-2-1-3-5-8/h1-5,7,16H,6H2,(H2,11,13). The van der Waals surface area contributed by atoms with Crippen LogP contribution in [0.5, 0.6) is 0 Å². The van der Waals surface area contributed by atoms with Gasteiger partial charge in [-0.25, -0.2) is 4.68 Å². The van der Waals surface area contributed by atoms with Crippen molar-refractivity contribution in [1.82, 2.24) is 15.0 Å². The fourth-order valence-electron chi connectivity index (χ4n) is 1.31. The van der Waals surface area contributed by atoms with Gasteiger partial charge in [0.05, 0.1) is 12.7 Å². The first kappa shape index (κ1) is 10.2. The quantitative estimate of drug-likeness (QED) is 0.337. The Morgan fingerprint density at radius 1 is 1.38 bits per heavy atom. The van der Waals surface area contributed by atoms with E-state index < -0.39 is 0 Å². The molecule has 0 atom stereocenters. The SMILES string of the molecule is N/C(=N\O)c1cn(Cc2ccccc2)nn1. The normalized spacial score (nSPS) is 11.6. The molecule has 2 aromatic rings. The molecule has 0 aliphatic heterocycles. The van der Waals surface area contributed by atoms with Gasteiger partial charge in [0.15, 0.2) is 11.5 Å². The first-order chi connectivity index (χ1) is 7.79. The van der Waals surface area contributed by atoms with Crippen LogP contribution in [0.25, 0.3) is 0 Å². The third-order valence-corrected chi connectivity index (χ3v) is 2.10. The van der Waals surface area contributed by atoms with E-state index in [4.69, 9.17) is 10.9 Å². The highest BCUT2D eigenvalue weighted by atomic mass is 16.4. The van der Waals surface area contributed by atoms with Gasteiger partial charge in [0.25, 0.3) is 0 Å². The fraction of sp³-hybridized carbons (Fsp3) is 0.100. The minimum absolute atomic E-state index is 0.0423. The topological polar surface area (TPSA) is 89.3 Å². The molecule has 6 heteroatoms. The van der Waals surface area contributed by atoms with E-state index in [1.165, 1.54) is 0 Å². The van der Waals surface area contributed by atoms with E-state index in [0.29, 0.717) is 12.2 Å². The molecule has 1 aromatic carbocycles. The van der Waals surface area contributed by atoms with Crippen molar-refractivity contribution < 1.29 is 5.21 Å². The molecule has 0 spiro atoms. The largest absolute Gasteiger partial charge is 0.409 e. The third kappa shape index (κ3) is 2.17. The number of benzene rings is 1. The number of hydrogen-bond donors (Lipinski definition) is 2. The van der Waals surface area contributed by atoms with Crippen molar-refractivity contribution in [2.45, 2.75) is 6.54 Å². The number of oxime groups is 1. The second-order valence-electron chi connectivity index (χ2n) is 3.27. The summed E-state index contributed by atoms with van der Waals surface area (Å²) in [6.07, 6.45) is 1.63. The molecule has 6 nitrogen and oxygen atoms in total. The van der Waals surface area contributed by atoms with E-state index in [1.807, 2.05) is 30.3 Å². The van der Waals surface area contributed by atoms with Gasteiger partial charge < -0.3 is 10.9 Å². The number of aromatic nitrogens is 3. The van der Waals surface area contributed by atoms with Gasteiger partial charge in [-0.2, -0.15) is 0 Å². The van der Waals surface area contributed by atoms with Crippen LogP contribution < -0.4 is 5.73 Å². The molecule has 0 aliphatic carbocycles. The molecule has 0 saturated carbocycles. The van der Waals surface area contributed by atoms with Crippen molar-refractivity contribution in [3.63, 3.8) is 0 Å². The highest BCUT2D eigenvalue weighted by Gasteiger charge is 2.05. The maximum Gasteiger partial charge on any atom is 0.192 e. The van der Waals surface area contributed by atoms with Crippen LogP contribution in [0.3, 0.4) is 0 Å². The average Bonchev–Trinajstić information content (AvgIpc) is 2.78. The molecule has 0 fully saturated rings. The Bertz CT molecular complexity index is 491. The summed E-state index contributed by atoms with van der Waals surface area (Å²) >= 11 is 0. The Morgan fingerprint density at radius 3 is 2.81 bits per heavy atom. The van der Waals surface area contributed by atoms with E-state index in [2.05, 4.69) is 15.5 Å². The molecule has 3 N–H and O–H groups in total. The van der Waals surface area contributed by atoms with Gasteiger partial charge in [-0.3, -0.25) is 0 Å². The minimum Gasteiger partial charge on any atom is -0.409 e. The van der Waals surface area contributed by atoms with Crippen LogP contribution in [0, 0.1) is 0 Å². The van der Waals surface area contributed by atoms with Crippen molar-refractivity contribution in [2.75, 3.05) is 0 Å². The van der Waals surface area contributed by atoms with Crippen molar-refractivity contribution in [2.24, 2.45) is 10.9 Å². The van der Waals surface area contributed by atoms with E-state index in [9.17, 15) is 0 Å². The number of nitrogens with two attached hydrogens (primary N) is 1. The summed E-state index contributed by atoms with van der Waals surface area (Å²) in [6, 6.07) is 9.84. The average molecular weight is 217 g/mol. The van der Waals surface area contributed by atoms with Crippen LogP contribution in [0.1, 0.15) is 11.3 Å². The Labute approximate surface area is 92.0 Å². The van der Waals surface area contributed by atoms with Crippen LogP contribution in [-0.4, -0.2) is 26.0 Å². The van der Waals surface area contributed by atoms with Gasteiger partial charge in [0.2, 0.25) is 0 Å². The maximum atomic E-state index is 8.47. The molecule has 16 heavy (non-hydrogen) atoms. The molecule has 0 aliphatic rings. The number of hydrogen-bond acceptors (Lipinski definition) is 4. The zero-order valence-electron chi connectivity index (χ0n) is 8.48. The lowest BCUT2D eigenvalue weighted by Crippen LogP contribution is -2.13. The zero-order valence-corrected chi connectivity index (χ0v) is 8.48. The molecule has 0 amide bonds. The first-order valence-corrected chi connectivity index (χ1v) is 4.71. The predicted molar refractivity (Wildman–Crippen MR) is 58.1 cm³/mol. The molecular weight excluding hydrogens is 206 g/mol. The molecule has 2 rings (SSSR count). The lowest BCUT2D eigenvalue weighted by molar-refractivity contribution is 0.318. The van der Waals surface area contributed by atoms with E-state index >= 15 is 0 Å². The van der Waals surface area contributed by atoms with Crippen molar-refractivity contribution >= 4 is 5.84 Å². The predicted octanol–water partition coefficient (Wildman–Crippen LogP) is 0.421. The Kier molecular flexibility index (Phi) is 2.81. The summed E-state index contributed by atoms with van der Waals surface area (Å²) in [5.74, 6) is -0.0423. The molecule has 0 radical (unpaired) electrons. The molecule has 82 valence electrons. The molecule has 0 saturated heterocycles. The molecule has 0 unspecified atom stereocenters. The fourth-order valence-corrected chi connectivity index (χ4v) is 1.31. The van der Waals surface area contributed by atoms with Crippen molar-refractivity contribution in [3.8, 4) is 0 Å². The third-order valence-electron chi connectivity index (χ3n) is 2.10. The second-order valence-corrected chi connectivity index (χ2v) is 3.27. The summed E-state index contributed by atoms with van der Waals surface area (Å²) in [4.78, 5) is 0. The number of nitrogens with zero attached hydrogens (tertiary/aromatic N) is 4. The zero-order chi connectivity index (χ0) is 11.4. The van der Waals surface area contributed by atoms with Crippen LogP contribution in [0.15, 0.2) is 41.7 Å². The smallest absolute Gasteiger partial charge is 0.192 e. The van der Waals surface area contributed by atoms with Crippen molar-refractivity contribution in [1.29, 1.82) is 0 Å². The van der Waals surface area contributed by atoms with Gasteiger partial charge in [0.1, 0.15) is 0 Å². The van der Waals surface area contributed by atoms with Crippen LogP contribution in [0.2, 0.25) is 0 Å². The van der Waals surface area contributed by atoms with E-state index in [-0.39, 0.29) is 5.84 Å². The Morgan fingerprint density at radius 2 is 2.12 bits per heavy atom. The van der Waals surface area contributed by atoms with E-state index in [0.717, 1.165) is 5.56 Å². The summed E-state index contributed by atoms with van der Waals surface area (Å²) < 4.78 is 1.63. The monoisotopic (exact) mass is 217 g/mol. The molecule has 1 aromatic heterocycles. The molecule has 1 heterocycles. The Hall–Kier alpha value is -2.37. The first-order valence-electron chi connectivity index (χ1n) is 4.71. The molecule has 0 bridgehead atoms. The summed E-state index contributed by atoms with van der Waals surface area (Å²) in [5.41, 5.74) is 6.85. The second kappa shape index (κ2) is 4.43. The maximum absolute atomic E-state index is 8.47. The lowest BCUT2D eigenvalue weighted by atomic mass is 10.2. The number of amidine groups is 1. The van der Waals surface area contributed by atoms with Crippen molar-refractivity contribution in [3.05, 3.63) is 47.8 Å². The van der Waals surface area contributed by atoms with Gasteiger partial charge in [0, 0.05) is 0 Å². The molecular formula is C10H11N5O. The summed E-state index contributed by atoms with van der Waals surface area (Å²) in [5, 5.41) is 19.0. The van der Waals surface area contributed by atoms with Gasteiger partial charge in [-0.1, -0.05) is 40.7 Å². The summed E-state index contributed by atoms with van der Waals surface area (Å²) in [6.45, 7) is 0.604. The summed E-state index contributed by atoms with van der Waals surface area (Å²) in [7, 11) is 0. The lowest BCUT2D eigenvalue weighted by Gasteiger charge is -1.99. The Balaban J connectivity index is 2.15. The van der Waals surface area contributed by atoms with Gasteiger partial charge in [-0.15, -0.1) is 5.10 Å². The highest BCUT2D eigenvalue weighted by molar-refractivity contribution is 5.94. The highest BCUT2D eigenvalue weighted by Crippen LogP contribution is 2.01. The van der Waals surface area contributed by atoms with Gasteiger partial charge in [-0.05, 0) is 5.56 Å². The van der Waals surface area contributed by atoms with Crippen LogP contribution >= 0.6 is 0 Å². The minimum atomic E-state index is -0.0423. The van der Waals surface area contributed by atoms with Crippen LogP contribution in [0.4, 0.5) is 0 Å².